The van der Waals surface area contributed by atoms with Crippen molar-refractivity contribution in [2.24, 2.45) is 5.92 Å². The first-order chi connectivity index (χ1) is 9.28. The molecule has 0 aliphatic heterocycles. The highest BCUT2D eigenvalue weighted by Gasteiger charge is 2.66. The van der Waals surface area contributed by atoms with Gasteiger partial charge in [-0.15, -0.1) is 0 Å². The molecule has 1 aromatic rings. The molecule has 21 heavy (non-hydrogen) atoms. The lowest BCUT2D eigenvalue weighted by Gasteiger charge is -2.40. The zero-order valence-corrected chi connectivity index (χ0v) is 11.6. The molecule has 1 saturated carbocycles. The van der Waals surface area contributed by atoms with Gasteiger partial charge in [-0.3, -0.25) is 4.79 Å². The largest absolute Gasteiger partial charge is 0.466 e. The van der Waals surface area contributed by atoms with E-state index < -0.39 is 32.7 Å². The minimum Gasteiger partial charge on any atom is -0.466 e. The van der Waals surface area contributed by atoms with Crippen LogP contribution in [0.3, 0.4) is 0 Å². The highest BCUT2D eigenvalue weighted by atomic mass is 32.5. The molecule has 2 atom stereocenters. The van der Waals surface area contributed by atoms with Crippen LogP contribution in [0.2, 0.25) is 0 Å². The van der Waals surface area contributed by atoms with Crippen molar-refractivity contribution < 1.29 is 33.4 Å². The normalized spacial score (nSPS) is 28.4. The van der Waals surface area contributed by atoms with Crippen LogP contribution in [0, 0.1) is 5.92 Å². The number of rotatable bonds is 4. The van der Waals surface area contributed by atoms with Gasteiger partial charge in [0.1, 0.15) is 10.6 Å². The first-order valence-electron chi connectivity index (χ1n) is 5.98. The summed E-state index contributed by atoms with van der Waals surface area (Å²) >= 11 is 0. The van der Waals surface area contributed by atoms with E-state index in [-0.39, 0.29) is 30.7 Å². The van der Waals surface area contributed by atoms with Gasteiger partial charge in [0.25, 0.3) is 0 Å². The molecule has 9 heteroatoms. The molecule has 0 heterocycles. The smallest absolute Gasteiger partial charge is 0.312 e. The fourth-order valence-electron chi connectivity index (χ4n) is 2.06. The van der Waals surface area contributed by atoms with Gasteiger partial charge in [-0.25, -0.2) is 4.39 Å². The van der Waals surface area contributed by atoms with Crippen LogP contribution in [0.15, 0.2) is 29.2 Å². The maximum atomic E-state index is 14.3. The quantitative estimate of drug-likeness (QED) is 0.566. The molecular formula is C12H12F6O2S. The van der Waals surface area contributed by atoms with E-state index in [0.29, 0.717) is 12.1 Å². The predicted molar refractivity (Wildman–Crippen MR) is 65.4 cm³/mol. The molecular weight excluding hydrogens is 322 g/mol. The fraction of sp³-hybridized carbons (Fsp3) is 0.417. The van der Waals surface area contributed by atoms with Crippen LogP contribution in [0.5, 0.6) is 0 Å². The summed E-state index contributed by atoms with van der Waals surface area (Å²) in [6, 6.07) is 1.54. The molecule has 0 bridgehead atoms. The van der Waals surface area contributed by atoms with Crippen molar-refractivity contribution in [3.63, 3.8) is 0 Å². The summed E-state index contributed by atoms with van der Waals surface area (Å²) in [7, 11) is -9.77. The highest BCUT2D eigenvalue weighted by Crippen LogP contribution is 3.02. The number of carbonyl (C=O) groups excluding carboxylic acids is 1. The molecule has 0 N–H and O–H groups in total. The van der Waals surface area contributed by atoms with Gasteiger partial charge < -0.3 is 4.74 Å². The van der Waals surface area contributed by atoms with E-state index in [9.17, 15) is 28.6 Å². The summed E-state index contributed by atoms with van der Waals surface area (Å²) in [4.78, 5) is 9.28. The van der Waals surface area contributed by atoms with Crippen LogP contribution in [0.25, 0.3) is 0 Å². The third-order valence-electron chi connectivity index (χ3n) is 3.24. The number of benzene rings is 1. The summed E-state index contributed by atoms with van der Waals surface area (Å²) in [6.45, 7) is 1.58. The zero-order valence-electron chi connectivity index (χ0n) is 10.8. The number of hydrogen-bond donors (Lipinski definition) is 0. The summed E-state index contributed by atoms with van der Waals surface area (Å²) in [6.07, 6.45) is -0.235. The number of carbonyl (C=O) groups is 1. The second kappa shape index (κ2) is 3.88. The number of ether oxygens (including phenoxy) is 1. The van der Waals surface area contributed by atoms with Crippen LogP contribution in [-0.4, -0.2) is 12.6 Å². The van der Waals surface area contributed by atoms with E-state index in [4.69, 9.17) is 0 Å². The molecule has 2 nitrogen and oxygen atoms in total. The van der Waals surface area contributed by atoms with Crippen molar-refractivity contribution >= 4 is 16.2 Å². The Morgan fingerprint density at radius 2 is 1.76 bits per heavy atom. The van der Waals surface area contributed by atoms with Gasteiger partial charge in [-0.05, 0) is 24.6 Å². The zero-order chi connectivity index (χ0) is 16.2. The lowest BCUT2D eigenvalue weighted by atomic mass is 10.1. The van der Waals surface area contributed by atoms with E-state index in [2.05, 4.69) is 4.74 Å². The molecule has 0 radical (unpaired) electrons. The van der Waals surface area contributed by atoms with E-state index in [0.717, 1.165) is 0 Å². The Bertz CT molecular complexity index is 582. The van der Waals surface area contributed by atoms with Crippen LogP contribution in [-0.2, 0) is 15.2 Å². The molecule has 1 fully saturated rings. The van der Waals surface area contributed by atoms with Crippen LogP contribution in [0.1, 0.15) is 18.9 Å². The van der Waals surface area contributed by atoms with E-state index in [1.54, 1.807) is 0 Å². The fourth-order valence-corrected chi connectivity index (χ4v) is 2.71. The molecule has 0 aromatic heterocycles. The maximum absolute atomic E-state index is 14.3. The summed E-state index contributed by atoms with van der Waals surface area (Å²) in [5.41, 5.74) is -2.39. The van der Waals surface area contributed by atoms with Gasteiger partial charge in [0.15, 0.2) is 0 Å². The Morgan fingerprint density at radius 1 is 1.24 bits per heavy atom. The molecule has 2 rings (SSSR count). The van der Waals surface area contributed by atoms with Crippen LogP contribution >= 0.6 is 10.2 Å². The number of halogens is 6. The lowest BCUT2D eigenvalue weighted by Crippen LogP contribution is -2.14. The lowest BCUT2D eigenvalue weighted by molar-refractivity contribution is -0.145. The van der Waals surface area contributed by atoms with E-state index in [1.807, 2.05) is 0 Å². The highest BCUT2D eigenvalue weighted by molar-refractivity contribution is 8.45. The molecule has 1 aliphatic rings. The Labute approximate surface area is 116 Å². The van der Waals surface area contributed by atoms with Crippen molar-refractivity contribution in [2.45, 2.75) is 23.9 Å². The van der Waals surface area contributed by atoms with Crippen LogP contribution < -0.4 is 0 Å². The van der Waals surface area contributed by atoms with Crippen molar-refractivity contribution in [1.82, 2.24) is 0 Å². The second-order valence-electron chi connectivity index (χ2n) is 4.86. The Balaban J connectivity index is 2.25. The molecule has 0 amide bonds. The SMILES string of the molecule is CCOC(=O)[C@@H]1C[C@]1(F)c1ccc(S(F)(F)(F)(F)F)cc1. The van der Waals surface area contributed by atoms with Crippen LogP contribution in [0.4, 0.5) is 23.8 Å². The van der Waals surface area contributed by atoms with E-state index >= 15 is 0 Å². The van der Waals surface area contributed by atoms with Gasteiger partial charge in [0.05, 0.1) is 12.5 Å². The molecule has 0 unspecified atom stereocenters. The number of esters is 1. The monoisotopic (exact) mass is 334 g/mol. The van der Waals surface area contributed by atoms with Gasteiger partial charge in [-0.1, -0.05) is 31.6 Å². The first-order valence-corrected chi connectivity index (χ1v) is 7.93. The average Bonchev–Trinajstić information content (AvgIpc) is 3.01. The second-order valence-corrected chi connectivity index (χ2v) is 7.27. The maximum Gasteiger partial charge on any atom is 0.312 e. The number of hydrogen-bond acceptors (Lipinski definition) is 2. The minimum atomic E-state index is -9.77. The topological polar surface area (TPSA) is 26.3 Å². The minimum absolute atomic E-state index is 0.0502. The van der Waals surface area contributed by atoms with Gasteiger partial charge >= 0.3 is 16.2 Å². The molecule has 0 spiro atoms. The molecule has 0 saturated heterocycles. The van der Waals surface area contributed by atoms with Gasteiger partial charge in [0.2, 0.25) is 0 Å². The van der Waals surface area contributed by atoms with Gasteiger partial charge in [0, 0.05) is 6.42 Å². The number of alkyl halides is 1. The Morgan fingerprint density at radius 3 is 2.19 bits per heavy atom. The van der Waals surface area contributed by atoms with Gasteiger partial charge in [-0.2, -0.15) is 0 Å². The summed E-state index contributed by atoms with van der Waals surface area (Å²) in [5, 5.41) is 0. The standard InChI is InChI=1S/C12H12F6O2S/c1-2-20-11(19)10-7-12(10,13)8-3-5-9(6-4-8)21(14,15,16,17)18/h3-6,10H,2,7H2,1H3/t10-,12-/m0/s1. The molecule has 1 aromatic carbocycles. The van der Waals surface area contributed by atoms with Crippen molar-refractivity contribution in [1.29, 1.82) is 0 Å². The third-order valence-corrected chi connectivity index (χ3v) is 4.41. The Kier molecular flexibility index (Phi) is 2.95. The molecule has 120 valence electrons. The van der Waals surface area contributed by atoms with Crippen molar-refractivity contribution in [2.75, 3.05) is 6.61 Å². The predicted octanol–water partition coefficient (Wildman–Crippen LogP) is 5.09. The first kappa shape index (κ1) is 16.0. The van der Waals surface area contributed by atoms with Crippen molar-refractivity contribution in [3.05, 3.63) is 29.8 Å². The summed E-state index contributed by atoms with van der Waals surface area (Å²) < 4.78 is 81.6. The summed E-state index contributed by atoms with van der Waals surface area (Å²) in [5.74, 6) is -1.90. The van der Waals surface area contributed by atoms with Crippen molar-refractivity contribution in [3.8, 4) is 0 Å². The third kappa shape index (κ3) is 3.12. The Hall–Kier alpha value is -1.38. The molecule has 1 aliphatic carbocycles. The van der Waals surface area contributed by atoms with E-state index in [1.165, 1.54) is 6.92 Å². The average molecular weight is 334 g/mol.